The molecular weight excluding hydrogens is 356 g/mol. The zero-order valence-electron chi connectivity index (χ0n) is 18.1. The minimum absolute atomic E-state index is 0.00593. The first-order valence-electron chi connectivity index (χ1n) is 10.5. The Bertz CT molecular complexity index is 624. The van der Waals surface area contributed by atoms with E-state index in [1.54, 1.807) is 0 Å². The van der Waals surface area contributed by atoms with Gasteiger partial charge in [0.1, 0.15) is 12.7 Å². The fourth-order valence-corrected chi connectivity index (χ4v) is 5.44. The molecule has 0 aliphatic heterocycles. The Labute approximate surface area is 169 Å². The monoisotopic (exact) mass is 394 g/mol. The third kappa shape index (κ3) is 4.69. The molecule has 0 bridgehead atoms. The summed E-state index contributed by atoms with van der Waals surface area (Å²) in [6, 6.07) is 0. The largest absolute Gasteiger partial charge is 0.460 e. The highest BCUT2D eigenvalue weighted by molar-refractivity contribution is 5.82. The normalized spacial score (nSPS) is 37.1. The van der Waals surface area contributed by atoms with Gasteiger partial charge in [0.25, 0.3) is 0 Å². The standard InChI is InChI=1S/C23H38O5/c1-15(11-21(27)28-14-18(25)13-24)9-10-22(4)17(3)19(26)12-23(5)16(2)7-6-8-20(22)23/h7,11,17-20,24-26H,6,8-10,12-14H2,1-5H3/b15-11+/t17-,18+,19-,20-,22+,23+/m0/s1. The summed E-state index contributed by atoms with van der Waals surface area (Å²) in [5.41, 5.74) is 2.37. The van der Waals surface area contributed by atoms with Crippen LogP contribution in [0.25, 0.3) is 0 Å². The van der Waals surface area contributed by atoms with Gasteiger partial charge in [0, 0.05) is 6.08 Å². The topological polar surface area (TPSA) is 87.0 Å². The van der Waals surface area contributed by atoms with Gasteiger partial charge in [-0.3, -0.25) is 0 Å². The Hall–Kier alpha value is -1.17. The average Bonchev–Trinajstić information content (AvgIpc) is 2.64. The van der Waals surface area contributed by atoms with Gasteiger partial charge >= 0.3 is 5.97 Å². The first-order valence-corrected chi connectivity index (χ1v) is 10.5. The van der Waals surface area contributed by atoms with Crippen LogP contribution in [-0.4, -0.2) is 46.7 Å². The molecule has 0 radical (unpaired) electrons. The lowest BCUT2D eigenvalue weighted by molar-refractivity contribution is -0.141. The molecule has 0 amide bonds. The van der Waals surface area contributed by atoms with Gasteiger partial charge in [-0.25, -0.2) is 4.79 Å². The molecule has 0 aromatic rings. The van der Waals surface area contributed by atoms with Gasteiger partial charge in [-0.2, -0.15) is 0 Å². The smallest absolute Gasteiger partial charge is 0.330 e. The number of aliphatic hydroxyl groups excluding tert-OH is 3. The van der Waals surface area contributed by atoms with Crippen molar-refractivity contribution in [1.29, 1.82) is 0 Å². The van der Waals surface area contributed by atoms with Crippen LogP contribution in [0.2, 0.25) is 0 Å². The molecule has 5 nitrogen and oxygen atoms in total. The number of hydrogen-bond acceptors (Lipinski definition) is 5. The van der Waals surface area contributed by atoms with Crippen LogP contribution in [0.3, 0.4) is 0 Å². The number of ether oxygens (including phenoxy) is 1. The van der Waals surface area contributed by atoms with Gasteiger partial charge in [-0.05, 0) is 68.6 Å². The molecule has 2 rings (SSSR count). The number of carbonyl (C=O) groups is 1. The van der Waals surface area contributed by atoms with E-state index in [-0.39, 0.29) is 29.5 Å². The minimum atomic E-state index is -1.04. The van der Waals surface area contributed by atoms with Gasteiger partial charge in [0.05, 0.1) is 12.7 Å². The minimum Gasteiger partial charge on any atom is -0.460 e. The van der Waals surface area contributed by atoms with Crippen molar-refractivity contribution >= 4 is 5.97 Å². The van der Waals surface area contributed by atoms with Crippen LogP contribution in [0, 0.1) is 22.7 Å². The van der Waals surface area contributed by atoms with Gasteiger partial charge in [-0.1, -0.05) is 38.0 Å². The first kappa shape index (κ1) is 23.1. The summed E-state index contributed by atoms with van der Waals surface area (Å²) in [6.45, 7) is 10.3. The lowest BCUT2D eigenvalue weighted by Crippen LogP contribution is -2.55. The van der Waals surface area contributed by atoms with Crippen LogP contribution in [0.4, 0.5) is 0 Å². The lowest BCUT2D eigenvalue weighted by Gasteiger charge is -2.59. The number of fused-ring (bicyclic) bond motifs is 1. The van der Waals surface area contributed by atoms with Crippen LogP contribution in [0.5, 0.6) is 0 Å². The summed E-state index contributed by atoms with van der Waals surface area (Å²) in [6.07, 6.45) is 7.19. The SMILES string of the molecule is CC1=CCC[C@H]2[C@](C)(CC/C(C)=C/C(=O)OC[C@H](O)CO)[C@@H](C)[C@@H](O)C[C@]12C. The maximum Gasteiger partial charge on any atom is 0.330 e. The van der Waals surface area contributed by atoms with Crippen molar-refractivity contribution < 1.29 is 24.9 Å². The summed E-state index contributed by atoms with van der Waals surface area (Å²) in [7, 11) is 0. The van der Waals surface area contributed by atoms with Crippen molar-refractivity contribution in [3.8, 4) is 0 Å². The zero-order chi connectivity index (χ0) is 21.1. The molecule has 160 valence electrons. The summed E-state index contributed by atoms with van der Waals surface area (Å²) in [5, 5.41) is 28.9. The molecule has 1 saturated carbocycles. The van der Waals surface area contributed by atoms with Crippen molar-refractivity contribution in [3.05, 3.63) is 23.3 Å². The highest BCUT2D eigenvalue weighted by atomic mass is 16.5. The third-order valence-corrected chi connectivity index (χ3v) is 7.67. The molecule has 0 aromatic carbocycles. The third-order valence-electron chi connectivity index (χ3n) is 7.67. The van der Waals surface area contributed by atoms with Crippen LogP contribution >= 0.6 is 0 Å². The Balaban J connectivity index is 2.09. The number of carbonyl (C=O) groups excluding carboxylic acids is 1. The number of allylic oxidation sites excluding steroid dienone is 3. The molecule has 3 N–H and O–H groups in total. The fourth-order valence-electron chi connectivity index (χ4n) is 5.44. The molecule has 0 saturated heterocycles. The number of aliphatic hydroxyl groups is 3. The molecule has 2 aliphatic rings. The summed E-state index contributed by atoms with van der Waals surface area (Å²) >= 11 is 0. The number of rotatable bonds is 7. The zero-order valence-corrected chi connectivity index (χ0v) is 18.1. The van der Waals surface area contributed by atoms with E-state index in [1.165, 1.54) is 11.6 Å². The van der Waals surface area contributed by atoms with E-state index in [0.717, 1.165) is 37.7 Å². The van der Waals surface area contributed by atoms with E-state index in [2.05, 4.69) is 33.8 Å². The molecule has 1 fully saturated rings. The van der Waals surface area contributed by atoms with E-state index in [4.69, 9.17) is 9.84 Å². The Morgan fingerprint density at radius 3 is 2.75 bits per heavy atom. The molecule has 0 spiro atoms. The highest BCUT2D eigenvalue weighted by Gasteiger charge is 2.55. The second kappa shape index (κ2) is 9.10. The van der Waals surface area contributed by atoms with Crippen molar-refractivity contribution in [1.82, 2.24) is 0 Å². The molecular formula is C23H38O5. The summed E-state index contributed by atoms with van der Waals surface area (Å²) < 4.78 is 4.96. The van der Waals surface area contributed by atoms with Crippen molar-refractivity contribution in [2.24, 2.45) is 22.7 Å². The molecule has 5 heteroatoms. The average molecular weight is 395 g/mol. The quantitative estimate of drug-likeness (QED) is 0.350. The highest BCUT2D eigenvalue weighted by Crippen LogP contribution is 2.61. The van der Waals surface area contributed by atoms with Crippen LogP contribution in [0.1, 0.15) is 66.7 Å². The van der Waals surface area contributed by atoms with Gasteiger partial charge in [0.2, 0.25) is 0 Å². The molecule has 2 aliphatic carbocycles. The van der Waals surface area contributed by atoms with Crippen molar-refractivity contribution in [2.75, 3.05) is 13.2 Å². The van der Waals surface area contributed by atoms with E-state index >= 15 is 0 Å². The van der Waals surface area contributed by atoms with E-state index in [1.807, 2.05) is 6.92 Å². The van der Waals surface area contributed by atoms with Crippen LogP contribution in [0.15, 0.2) is 23.3 Å². The van der Waals surface area contributed by atoms with E-state index < -0.39 is 18.7 Å². The predicted octanol–water partition coefficient (Wildman–Crippen LogP) is 3.38. The lowest BCUT2D eigenvalue weighted by atomic mass is 9.46. The maximum absolute atomic E-state index is 11.9. The fraction of sp³-hybridized carbons (Fsp3) is 0.783. The van der Waals surface area contributed by atoms with E-state index in [9.17, 15) is 15.0 Å². The summed E-state index contributed by atoms with van der Waals surface area (Å²) in [5.74, 6) is 0.229. The summed E-state index contributed by atoms with van der Waals surface area (Å²) in [4.78, 5) is 11.9. The maximum atomic E-state index is 11.9. The molecule has 0 unspecified atom stereocenters. The molecule has 0 heterocycles. The van der Waals surface area contributed by atoms with Gasteiger partial charge in [0.15, 0.2) is 0 Å². The molecule has 6 atom stereocenters. The Morgan fingerprint density at radius 2 is 2.11 bits per heavy atom. The number of esters is 1. The Kier molecular flexibility index (Phi) is 7.51. The van der Waals surface area contributed by atoms with E-state index in [0.29, 0.717) is 5.92 Å². The first-order chi connectivity index (χ1) is 13.0. The van der Waals surface area contributed by atoms with Gasteiger partial charge < -0.3 is 20.1 Å². The predicted molar refractivity (Wildman–Crippen MR) is 110 cm³/mol. The van der Waals surface area contributed by atoms with Crippen molar-refractivity contribution in [3.63, 3.8) is 0 Å². The molecule has 0 aromatic heterocycles. The number of hydrogen-bond donors (Lipinski definition) is 3. The second-order valence-electron chi connectivity index (χ2n) is 9.46. The second-order valence-corrected chi connectivity index (χ2v) is 9.46. The van der Waals surface area contributed by atoms with Crippen molar-refractivity contribution in [2.45, 2.75) is 78.9 Å². The molecule has 28 heavy (non-hydrogen) atoms. The Morgan fingerprint density at radius 1 is 1.43 bits per heavy atom. The van der Waals surface area contributed by atoms with Gasteiger partial charge in [-0.15, -0.1) is 0 Å². The van der Waals surface area contributed by atoms with Crippen LogP contribution < -0.4 is 0 Å². The van der Waals surface area contributed by atoms with Crippen LogP contribution in [-0.2, 0) is 9.53 Å².